The molecule has 42 heavy (non-hydrogen) atoms. The number of hydrogen-bond donors (Lipinski definition) is 1. The first-order chi connectivity index (χ1) is 19.7. The molecule has 0 radical (unpaired) electrons. The predicted octanol–water partition coefficient (Wildman–Crippen LogP) is 4.36. The SMILES string of the molecule is COc1ccc(N(CC(=O)N(Cc2cccc(C)c2)[C@@H](C)C(=O)NC(C)C)S(=O)(=O)c2ccc(C)c([N+](=O)[O-])c2)cc1. The van der Waals surface area contributed by atoms with Crippen molar-refractivity contribution in [3.05, 3.63) is 93.5 Å². The number of nitro groups is 1. The van der Waals surface area contributed by atoms with Gasteiger partial charge in [0.2, 0.25) is 11.8 Å². The minimum atomic E-state index is -4.48. The second-order valence-corrected chi connectivity index (χ2v) is 12.1. The second-order valence-electron chi connectivity index (χ2n) is 10.3. The van der Waals surface area contributed by atoms with E-state index < -0.39 is 33.4 Å². The molecule has 3 rings (SSSR count). The predicted molar refractivity (Wildman–Crippen MR) is 160 cm³/mol. The number of methoxy groups -OCH3 is 1. The average molecular weight is 597 g/mol. The van der Waals surface area contributed by atoms with E-state index in [9.17, 15) is 28.1 Å². The van der Waals surface area contributed by atoms with Gasteiger partial charge in [-0.3, -0.25) is 24.0 Å². The lowest BCUT2D eigenvalue weighted by molar-refractivity contribution is -0.385. The molecule has 0 spiro atoms. The van der Waals surface area contributed by atoms with E-state index in [-0.39, 0.29) is 34.8 Å². The number of amides is 2. The van der Waals surface area contributed by atoms with Crippen LogP contribution in [0.25, 0.3) is 0 Å². The Morgan fingerprint density at radius 2 is 1.67 bits per heavy atom. The monoisotopic (exact) mass is 596 g/mol. The van der Waals surface area contributed by atoms with Crippen LogP contribution in [0.1, 0.15) is 37.5 Å². The lowest BCUT2D eigenvalue weighted by Gasteiger charge is -2.32. The van der Waals surface area contributed by atoms with E-state index in [1.165, 1.54) is 43.2 Å². The molecule has 3 aromatic carbocycles. The highest BCUT2D eigenvalue weighted by Gasteiger charge is 2.33. The van der Waals surface area contributed by atoms with Gasteiger partial charge in [0.05, 0.1) is 22.6 Å². The number of nitrogens with one attached hydrogen (secondary N) is 1. The Balaban J connectivity index is 2.10. The zero-order valence-electron chi connectivity index (χ0n) is 24.5. The summed E-state index contributed by atoms with van der Waals surface area (Å²) < 4.78 is 34.1. The van der Waals surface area contributed by atoms with Crippen LogP contribution in [0.4, 0.5) is 11.4 Å². The number of carbonyl (C=O) groups is 2. The topological polar surface area (TPSA) is 139 Å². The second kappa shape index (κ2) is 13.5. The van der Waals surface area contributed by atoms with Crippen molar-refractivity contribution in [3.63, 3.8) is 0 Å². The number of rotatable bonds is 12. The Morgan fingerprint density at radius 1 is 1.00 bits per heavy atom. The molecule has 0 saturated carbocycles. The largest absolute Gasteiger partial charge is 0.497 e. The maximum absolute atomic E-state index is 14.0. The number of hydrogen-bond acceptors (Lipinski definition) is 7. The summed E-state index contributed by atoms with van der Waals surface area (Å²) in [7, 11) is -3.02. The quantitative estimate of drug-likeness (QED) is 0.242. The van der Waals surface area contributed by atoms with Crippen molar-refractivity contribution in [2.24, 2.45) is 0 Å². The molecule has 224 valence electrons. The Bertz CT molecular complexity index is 1560. The van der Waals surface area contributed by atoms with Gasteiger partial charge in [-0.1, -0.05) is 35.9 Å². The summed E-state index contributed by atoms with van der Waals surface area (Å²) in [6.07, 6.45) is 0. The van der Waals surface area contributed by atoms with Crippen LogP contribution in [0.2, 0.25) is 0 Å². The summed E-state index contributed by atoms with van der Waals surface area (Å²) in [6, 6.07) is 16.0. The van der Waals surface area contributed by atoms with Gasteiger partial charge in [0, 0.05) is 24.2 Å². The molecule has 12 heteroatoms. The lowest BCUT2D eigenvalue weighted by Crippen LogP contribution is -2.52. The van der Waals surface area contributed by atoms with E-state index in [0.29, 0.717) is 11.3 Å². The van der Waals surface area contributed by atoms with E-state index in [1.54, 1.807) is 32.9 Å². The Hall–Kier alpha value is -4.45. The normalized spacial score (nSPS) is 12.0. The number of benzene rings is 3. The van der Waals surface area contributed by atoms with Crippen LogP contribution < -0.4 is 14.4 Å². The molecule has 3 aromatic rings. The molecule has 0 aliphatic carbocycles. The number of anilines is 1. The van der Waals surface area contributed by atoms with Crippen LogP contribution >= 0.6 is 0 Å². The van der Waals surface area contributed by atoms with Crippen LogP contribution in [0.15, 0.2) is 71.6 Å². The van der Waals surface area contributed by atoms with Crippen LogP contribution in [-0.2, 0) is 26.2 Å². The number of ether oxygens (including phenoxy) is 1. The molecule has 2 amide bonds. The van der Waals surface area contributed by atoms with Crippen LogP contribution in [0.5, 0.6) is 5.75 Å². The third-order valence-electron chi connectivity index (χ3n) is 6.64. The summed E-state index contributed by atoms with van der Waals surface area (Å²) in [6.45, 7) is 7.99. The van der Waals surface area contributed by atoms with Crippen molar-refractivity contribution in [3.8, 4) is 5.75 Å². The molecule has 0 unspecified atom stereocenters. The molecule has 0 aromatic heterocycles. The zero-order chi connectivity index (χ0) is 31.2. The highest BCUT2D eigenvalue weighted by molar-refractivity contribution is 7.92. The van der Waals surface area contributed by atoms with E-state index in [1.807, 2.05) is 31.2 Å². The van der Waals surface area contributed by atoms with Gasteiger partial charge in [-0.05, 0) is 70.5 Å². The van der Waals surface area contributed by atoms with Crippen molar-refractivity contribution in [1.82, 2.24) is 10.2 Å². The number of nitrogens with zero attached hydrogens (tertiary/aromatic N) is 3. The molecule has 0 aliphatic rings. The standard InChI is InChI=1S/C30H36N4O7S/c1-20(2)31-30(36)23(5)32(18-24-9-7-8-21(3)16-24)29(35)19-33(25-11-13-26(41-6)14-12-25)42(39,40)27-15-10-22(4)28(17-27)34(37)38/h7-17,20,23H,18-19H2,1-6H3,(H,31,36)/t23-/m0/s1. The smallest absolute Gasteiger partial charge is 0.273 e. The van der Waals surface area contributed by atoms with Gasteiger partial charge in [-0.15, -0.1) is 0 Å². The van der Waals surface area contributed by atoms with Crippen LogP contribution in [0.3, 0.4) is 0 Å². The fourth-order valence-electron chi connectivity index (χ4n) is 4.35. The minimum absolute atomic E-state index is 0.0553. The molecule has 0 bridgehead atoms. The van der Waals surface area contributed by atoms with Crippen LogP contribution in [0, 0.1) is 24.0 Å². The maximum atomic E-state index is 14.0. The lowest BCUT2D eigenvalue weighted by atomic mass is 10.1. The fourth-order valence-corrected chi connectivity index (χ4v) is 5.78. The molecule has 0 heterocycles. The van der Waals surface area contributed by atoms with Gasteiger partial charge in [0.25, 0.3) is 15.7 Å². The first-order valence-electron chi connectivity index (χ1n) is 13.3. The highest BCUT2D eigenvalue weighted by Crippen LogP contribution is 2.29. The van der Waals surface area contributed by atoms with E-state index in [2.05, 4.69) is 5.32 Å². The summed E-state index contributed by atoms with van der Waals surface area (Å²) in [5, 5.41) is 14.4. The van der Waals surface area contributed by atoms with Crippen molar-refractivity contribution in [2.45, 2.75) is 58.1 Å². The van der Waals surface area contributed by atoms with E-state index in [0.717, 1.165) is 21.5 Å². The summed E-state index contributed by atoms with van der Waals surface area (Å²) in [5.74, 6) is -0.559. The molecule has 11 nitrogen and oxygen atoms in total. The number of nitro benzene ring substituents is 1. The van der Waals surface area contributed by atoms with Gasteiger partial charge >= 0.3 is 0 Å². The number of sulfonamides is 1. The summed E-state index contributed by atoms with van der Waals surface area (Å²) in [5.41, 5.74) is 1.79. The summed E-state index contributed by atoms with van der Waals surface area (Å²) >= 11 is 0. The zero-order valence-corrected chi connectivity index (χ0v) is 25.3. The Labute approximate surface area is 246 Å². The van der Waals surface area contributed by atoms with Gasteiger partial charge in [-0.25, -0.2) is 8.42 Å². The Kier molecular flexibility index (Phi) is 10.3. The van der Waals surface area contributed by atoms with Gasteiger partial charge in [0.15, 0.2) is 0 Å². The summed E-state index contributed by atoms with van der Waals surface area (Å²) in [4.78, 5) is 38.9. The highest BCUT2D eigenvalue weighted by atomic mass is 32.2. The fraction of sp³-hybridized carbons (Fsp3) is 0.333. The van der Waals surface area contributed by atoms with Gasteiger partial charge in [0.1, 0.15) is 18.3 Å². The maximum Gasteiger partial charge on any atom is 0.273 e. The van der Waals surface area contributed by atoms with E-state index in [4.69, 9.17) is 4.74 Å². The van der Waals surface area contributed by atoms with Crippen molar-refractivity contribution in [1.29, 1.82) is 0 Å². The molecule has 0 aliphatic heterocycles. The van der Waals surface area contributed by atoms with Crippen molar-refractivity contribution >= 4 is 33.2 Å². The van der Waals surface area contributed by atoms with Crippen molar-refractivity contribution in [2.75, 3.05) is 18.0 Å². The molecular formula is C30H36N4O7S. The number of carbonyl (C=O) groups excluding carboxylic acids is 2. The van der Waals surface area contributed by atoms with E-state index >= 15 is 0 Å². The van der Waals surface area contributed by atoms with Crippen molar-refractivity contribution < 1.29 is 27.7 Å². The van der Waals surface area contributed by atoms with Gasteiger partial charge in [-0.2, -0.15) is 0 Å². The molecule has 1 N–H and O–H groups in total. The van der Waals surface area contributed by atoms with Crippen LogP contribution in [-0.4, -0.2) is 55.8 Å². The average Bonchev–Trinajstić information content (AvgIpc) is 2.93. The first-order valence-corrected chi connectivity index (χ1v) is 14.8. The van der Waals surface area contributed by atoms with Gasteiger partial charge < -0.3 is 15.0 Å². The minimum Gasteiger partial charge on any atom is -0.497 e. The third-order valence-corrected chi connectivity index (χ3v) is 8.41. The number of aryl methyl sites for hydroxylation is 2. The third kappa shape index (κ3) is 7.64. The molecule has 1 atom stereocenters. The molecular weight excluding hydrogens is 560 g/mol. The Morgan fingerprint density at radius 3 is 2.24 bits per heavy atom. The first kappa shape index (κ1) is 32.1. The molecule has 0 fully saturated rings. The molecule has 0 saturated heterocycles.